The third-order valence-electron chi connectivity index (χ3n) is 3.69. The second-order valence-electron chi connectivity index (χ2n) is 5.60. The third-order valence-corrected chi connectivity index (χ3v) is 5.28. The van der Waals surface area contributed by atoms with Crippen LogP contribution < -0.4 is 0 Å². The van der Waals surface area contributed by atoms with Gasteiger partial charge in [-0.15, -0.1) is 0 Å². The van der Waals surface area contributed by atoms with Gasteiger partial charge in [0.2, 0.25) is 0 Å². The summed E-state index contributed by atoms with van der Waals surface area (Å²) in [5, 5.41) is 14.2. The molecule has 3 rings (SSSR count). The van der Waals surface area contributed by atoms with Crippen LogP contribution in [0.25, 0.3) is 5.69 Å². The SMILES string of the molecule is O=S(=O)(Cc1ccc(-n2cccn2)cc1)CC(O)c1ccccc1. The molecule has 5 nitrogen and oxygen atoms in total. The summed E-state index contributed by atoms with van der Waals surface area (Å²) in [6, 6.07) is 17.8. The summed E-state index contributed by atoms with van der Waals surface area (Å²) >= 11 is 0. The van der Waals surface area contributed by atoms with Crippen molar-refractivity contribution in [3.8, 4) is 5.69 Å². The maximum Gasteiger partial charge on any atom is 0.157 e. The van der Waals surface area contributed by atoms with Gasteiger partial charge in [-0.2, -0.15) is 5.10 Å². The minimum Gasteiger partial charge on any atom is -0.387 e. The molecule has 3 aromatic rings. The second-order valence-corrected chi connectivity index (χ2v) is 7.71. The number of aromatic nitrogens is 2. The van der Waals surface area contributed by atoms with E-state index >= 15 is 0 Å². The van der Waals surface area contributed by atoms with E-state index < -0.39 is 15.9 Å². The Hall–Kier alpha value is -2.44. The molecule has 0 radical (unpaired) electrons. The topological polar surface area (TPSA) is 72.2 Å². The molecule has 1 N–H and O–H groups in total. The van der Waals surface area contributed by atoms with Crippen LogP contribution in [0, 0.1) is 0 Å². The number of nitrogens with zero attached hydrogens (tertiary/aromatic N) is 2. The molecule has 124 valence electrons. The van der Waals surface area contributed by atoms with Crippen molar-refractivity contribution in [2.45, 2.75) is 11.9 Å². The maximum absolute atomic E-state index is 12.3. The van der Waals surface area contributed by atoms with E-state index in [4.69, 9.17) is 0 Å². The monoisotopic (exact) mass is 342 g/mol. The Bertz CT molecular complexity index is 874. The molecule has 0 bridgehead atoms. The van der Waals surface area contributed by atoms with Crippen LogP contribution in [-0.2, 0) is 15.6 Å². The van der Waals surface area contributed by atoms with Gasteiger partial charge in [-0.25, -0.2) is 13.1 Å². The van der Waals surface area contributed by atoms with Gasteiger partial charge in [-0.1, -0.05) is 42.5 Å². The molecule has 0 fully saturated rings. The van der Waals surface area contributed by atoms with Crippen molar-refractivity contribution in [2.24, 2.45) is 0 Å². The van der Waals surface area contributed by atoms with Gasteiger partial charge in [-0.05, 0) is 29.3 Å². The van der Waals surface area contributed by atoms with Crippen LogP contribution in [0.2, 0.25) is 0 Å². The van der Waals surface area contributed by atoms with Crippen LogP contribution in [0.3, 0.4) is 0 Å². The number of hydrogen-bond acceptors (Lipinski definition) is 4. The number of benzene rings is 2. The Morgan fingerprint density at radius 3 is 2.33 bits per heavy atom. The smallest absolute Gasteiger partial charge is 0.157 e. The summed E-state index contributed by atoms with van der Waals surface area (Å²) in [6.45, 7) is 0. The van der Waals surface area contributed by atoms with Gasteiger partial charge in [0.25, 0.3) is 0 Å². The Balaban J connectivity index is 1.68. The summed E-state index contributed by atoms with van der Waals surface area (Å²) in [5.74, 6) is -0.395. The van der Waals surface area contributed by atoms with Crippen molar-refractivity contribution in [3.05, 3.63) is 84.2 Å². The van der Waals surface area contributed by atoms with Gasteiger partial charge in [0.05, 0.1) is 23.3 Å². The van der Waals surface area contributed by atoms with E-state index in [2.05, 4.69) is 5.10 Å². The Labute approximate surface area is 141 Å². The first kappa shape index (κ1) is 16.4. The molecule has 0 amide bonds. The highest BCUT2D eigenvalue weighted by Gasteiger charge is 2.19. The van der Waals surface area contributed by atoms with E-state index in [-0.39, 0.29) is 11.5 Å². The molecular weight excluding hydrogens is 324 g/mol. The zero-order valence-corrected chi connectivity index (χ0v) is 13.8. The molecule has 1 aromatic heterocycles. The van der Waals surface area contributed by atoms with E-state index in [1.165, 1.54) is 0 Å². The minimum atomic E-state index is -3.42. The maximum atomic E-state index is 12.3. The molecular formula is C18H18N2O3S. The molecule has 24 heavy (non-hydrogen) atoms. The van der Waals surface area contributed by atoms with Crippen molar-refractivity contribution in [2.75, 3.05) is 5.75 Å². The predicted octanol–water partition coefficient (Wildman–Crippen LogP) is 2.52. The van der Waals surface area contributed by atoms with Crippen LogP contribution in [0.1, 0.15) is 17.2 Å². The van der Waals surface area contributed by atoms with Crippen molar-refractivity contribution in [3.63, 3.8) is 0 Å². The fourth-order valence-electron chi connectivity index (χ4n) is 2.49. The minimum absolute atomic E-state index is 0.101. The standard InChI is InChI=1S/C18H18N2O3S/c21-18(16-5-2-1-3-6-16)14-24(22,23)13-15-7-9-17(10-8-15)20-12-4-11-19-20/h1-12,18,21H,13-14H2. The lowest BCUT2D eigenvalue weighted by Gasteiger charge is -2.12. The van der Waals surface area contributed by atoms with Crippen molar-refractivity contribution < 1.29 is 13.5 Å². The fourth-order valence-corrected chi connectivity index (χ4v) is 3.98. The normalized spacial score (nSPS) is 12.9. The lowest BCUT2D eigenvalue weighted by atomic mass is 10.1. The Morgan fingerprint density at radius 1 is 1.00 bits per heavy atom. The number of sulfone groups is 1. The molecule has 0 saturated heterocycles. The van der Waals surface area contributed by atoms with E-state index in [0.29, 0.717) is 11.1 Å². The molecule has 0 aliphatic heterocycles. The van der Waals surface area contributed by atoms with E-state index in [1.54, 1.807) is 47.3 Å². The molecule has 1 heterocycles. The predicted molar refractivity (Wildman–Crippen MR) is 92.5 cm³/mol. The zero-order valence-electron chi connectivity index (χ0n) is 13.0. The highest BCUT2D eigenvalue weighted by atomic mass is 32.2. The lowest BCUT2D eigenvalue weighted by molar-refractivity contribution is 0.201. The van der Waals surface area contributed by atoms with Gasteiger partial charge in [0.15, 0.2) is 9.84 Å². The first-order valence-corrected chi connectivity index (χ1v) is 9.38. The number of aliphatic hydroxyl groups excluding tert-OH is 1. The van der Waals surface area contributed by atoms with Crippen LogP contribution >= 0.6 is 0 Å². The third kappa shape index (κ3) is 4.10. The van der Waals surface area contributed by atoms with Gasteiger partial charge >= 0.3 is 0 Å². The van der Waals surface area contributed by atoms with E-state index in [1.807, 2.05) is 30.5 Å². The van der Waals surface area contributed by atoms with Crippen LogP contribution in [0.5, 0.6) is 0 Å². The quantitative estimate of drug-likeness (QED) is 0.747. The summed E-state index contributed by atoms with van der Waals surface area (Å²) in [5.41, 5.74) is 2.16. The fraction of sp³-hybridized carbons (Fsp3) is 0.167. The largest absolute Gasteiger partial charge is 0.387 e. The Kier molecular flexibility index (Phi) is 4.78. The summed E-state index contributed by atoms with van der Waals surface area (Å²) in [6.07, 6.45) is 2.49. The lowest BCUT2D eigenvalue weighted by Crippen LogP contribution is -2.16. The molecule has 0 aliphatic carbocycles. The van der Waals surface area contributed by atoms with Crippen LogP contribution in [0.15, 0.2) is 73.1 Å². The van der Waals surface area contributed by atoms with Gasteiger partial charge in [0, 0.05) is 12.4 Å². The average molecular weight is 342 g/mol. The second kappa shape index (κ2) is 6.98. The number of hydrogen-bond donors (Lipinski definition) is 1. The summed E-state index contributed by atoms with van der Waals surface area (Å²) in [7, 11) is -3.42. The molecule has 1 atom stereocenters. The van der Waals surface area contributed by atoms with E-state index in [0.717, 1.165) is 5.69 Å². The average Bonchev–Trinajstić information content (AvgIpc) is 3.10. The highest BCUT2D eigenvalue weighted by Crippen LogP contribution is 2.18. The first-order valence-electron chi connectivity index (χ1n) is 7.56. The highest BCUT2D eigenvalue weighted by molar-refractivity contribution is 7.90. The van der Waals surface area contributed by atoms with Crippen LogP contribution in [0.4, 0.5) is 0 Å². The molecule has 6 heteroatoms. The van der Waals surface area contributed by atoms with Crippen LogP contribution in [-0.4, -0.2) is 29.1 Å². The van der Waals surface area contributed by atoms with Gasteiger partial charge < -0.3 is 5.11 Å². The van der Waals surface area contributed by atoms with Gasteiger partial charge in [0.1, 0.15) is 0 Å². The van der Waals surface area contributed by atoms with Crippen molar-refractivity contribution in [1.29, 1.82) is 0 Å². The van der Waals surface area contributed by atoms with Crippen molar-refractivity contribution >= 4 is 9.84 Å². The molecule has 0 aliphatic rings. The Morgan fingerprint density at radius 2 is 1.71 bits per heavy atom. The molecule has 2 aromatic carbocycles. The number of rotatable bonds is 6. The zero-order chi connectivity index (χ0) is 17.0. The number of aliphatic hydroxyl groups is 1. The van der Waals surface area contributed by atoms with Crippen molar-refractivity contribution in [1.82, 2.24) is 9.78 Å². The molecule has 0 spiro atoms. The molecule has 1 unspecified atom stereocenters. The summed E-state index contributed by atoms with van der Waals surface area (Å²) in [4.78, 5) is 0. The summed E-state index contributed by atoms with van der Waals surface area (Å²) < 4.78 is 26.3. The molecule has 0 saturated carbocycles. The van der Waals surface area contributed by atoms with E-state index in [9.17, 15) is 13.5 Å². The van der Waals surface area contributed by atoms with Gasteiger partial charge in [-0.3, -0.25) is 0 Å². The first-order chi connectivity index (χ1) is 11.5.